The molecule has 0 unspecified atom stereocenters. The van der Waals surface area contributed by atoms with Crippen molar-refractivity contribution in [1.82, 2.24) is 19.1 Å². The molecule has 0 fully saturated rings. The van der Waals surface area contributed by atoms with Crippen LogP contribution >= 0.6 is 0 Å². The molecule has 0 aliphatic rings. The topological polar surface area (TPSA) is 55.9 Å². The van der Waals surface area contributed by atoms with Crippen LogP contribution in [-0.2, 0) is 48.1 Å². The van der Waals surface area contributed by atoms with Gasteiger partial charge in [-0.05, 0) is 134 Å². The van der Waals surface area contributed by atoms with Gasteiger partial charge in [-0.1, -0.05) is 164 Å². The van der Waals surface area contributed by atoms with E-state index in [1.54, 1.807) is 0 Å². The van der Waals surface area contributed by atoms with E-state index < -0.39 is 5.82 Å². The van der Waals surface area contributed by atoms with E-state index in [1.807, 2.05) is 6.20 Å². The van der Waals surface area contributed by atoms with Crippen LogP contribution in [0.4, 0.5) is 4.39 Å². The Labute approximate surface area is 458 Å². The summed E-state index contributed by atoms with van der Waals surface area (Å²) in [4.78, 5) is 10.5. The van der Waals surface area contributed by atoms with Crippen molar-refractivity contribution in [2.24, 2.45) is 0 Å². The van der Waals surface area contributed by atoms with Crippen LogP contribution in [0.25, 0.3) is 89.1 Å². The Balaban J connectivity index is 0.00000689. The van der Waals surface area contributed by atoms with Gasteiger partial charge in [0.05, 0.1) is 27.6 Å². The summed E-state index contributed by atoms with van der Waals surface area (Å²) in [5.74, 6) is -0.0578. The first-order valence-electron chi connectivity index (χ1n) is 26.1. The first-order valence-corrected chi connectivity index (χ1v) is 26.1. The fraction of sp³-hybridized carbons (Fsp3) is 0.294. The van der Waals surface area contributed by atoms with Crippen LogP contribution in [0.2, 0.25) is 0 Å². The Kier molecular flexibility index (Phi) is 13.4. The van der Waals surface area contributed by atoms with E-state index >= 15 is 4.39 Å². The molecule has 10 aromatic rings. The summed E-state index contributed by atoms with van der Waals surface area (Å²) in [5.41, 5.74) is 17.0. The number of phenols is 1. The third-order valence-corrected chi connectivity index (χ3v) is 14.8. The van der Waals surface area contributed by atoms with E-state index in [2.05, 4.69) is 240 Å². The van der Waals surface area contributed by atoms with Crippen molar-refractivity contribution in [2.45, 2.75) is 131 Å². The average Bonchev–Trinajstić information content (AvgIpc) is 3.89. The molecule has 0 bridgehead atoms. The van der Waals surface area contributed by atoms with Gasteiger partial charge in [0.15, 0.2) is 0 Å². The van der Waals surface area contributed by atoms with Crippen LogP contribution in [0, 0.1) is 11.9 Å². The SMILES string of the molecule is CC(C)(C)c1cc(-c2cc(-c3cc(C(C)(C)C)cc4c5cc(C(C)(C)C)ccc5n(-c5ccccc5)c34)ccn2)[c-]c(-c2cccc3c2nc(-c2cc(F)ccc2O)n3-c2cc(C(C)(C)C)cc(C(C)(C)C)c2)c1.[Pt]. The minimum atomic E-state index is -0.455. The summed E-state index contributed by atoms with van der Waals surface area (Å²) in [6, 6.07) is 52.2. The molecular formula is C68H70FN4OPt-. The fourth-order valence-corrected chi connectivity index (χ4v) is 10.2. The Morgan fingerprint density at radius 1 is 0.467 bits per heavy atom. The second kappa shape index (κ2) is 18.9. The molecule has 3 heterocycles. The normalized spacial score (nSPS) is 12.7. The quantitative estimate of drug-likeness (QED) is 0.169. The molecule has 0 saturated heterocycles. The Hall–Kier alpha value is -6.62. The number of halogens is 1. The molecule has 0 radical (unpaired) electrons. The molecule has 0 aliphatic carbocycles. The second-order valence-corrected chi connectivity index (χ2v) is 25.6. The second-order valence-electron chi connectivity index (χ2n) is 25.6. The minimum absolute atomic E-state index is 0. The maximum absolute atomic E-state index is 15.3. The summed E-state index contributed by atoms with van der Waals surface area (Å²) in [6.07, 6.45) is 1.93. The molecule has 3 aromatic heterocycles. The van der Waals surface area contributed by atoms with E-state index in [1.165, 1.54) is 56.7 Å². The number of imidazole rings is 1. The van der Waals surface area contributed by atoms with Crippen LogP contribution in [0.15, 0.2) is 146 Å². The molecule has 0 saturated carbocycles. The smallest absolute Gasteiger partial charge is 0.148 e. The van der Waals surface area contributed by atoms with Gasteiger partial charge in [-0.25, -0.2) is 9.37 Å². The third-order valence-electron chi connectivity index (χ3n) is 14.8. The molecule has 0 aliphatic heterocycles. The van der Waals surface area contributed by atoms with Crippen molar-refractivity contribution < 1.29 is 30.6 Å². The molecule has 386 valence electrons. The van der Waals surface area contributed by atoms with Gasteiger partial charge in [-0.15, -0.1) is 29.3 Å². The molecular weight excluding hydrogens is 1100 g/mol. The van der Waals surface area contributed by atoms with Crippen molar-refractivity contribution in [2.75, 3.05) is 0 Å². The van der Waals surface area contributed by atoms with Crippen molar-refractivity contribution >= 4 is 32.8 Å². The molecule has 0 atom stereocenters. The maximum Gasteiger partial charge on any atom is 0.148 e. The number of pyridine rings is 1. The number of benzene rings is 7. The van der Waals surface area contributed by atoms with Gasteiger partial charge in [0, 0.05) is 60.7 Å². The first kappa shape index (κ1) is 53.2. The fourth-order valence-electron chi connectivity index (χ4n) is 10.2. The first-order chi connectivity index (χ1) is 34.6. The minimum Gasteiger partial charge on any atom is -0.507 e. The van der Waals surface area contributed by atoms with Gasteiger partial charge in [0.25, 0.3) is 0 Å². The molecule has 5 nitrogen and oxygen atoms in total. The number of rotatable bonds is 6. The molecule has 1 N–H and O–H groups in total. The third kappa shape index (κ3) is 10.0. The van der Waals surface area contributed by atoms with Gasteiger partial charge in [-0.3, -0.25) is 9.55 Å². The standard InChI is InChI=1S/C68H70FN4O.Pt/c1-64(2,3)44-24-26-58-54(37-44)55-39-48(68(13,14)15)38-53(62(55)72(58)50-20-17-16-18-21-50)41-28-29-70-57(33-41)43-30-42(31-45(32-43)65(4,5)6)52-22-19-23-59-61(52)71-63(56-40-49(69)25-27-60(56)74)73(59)51-35-46(66(7,8)9)34-47(36-51)67(10,11)12;/h16-29,31-40,74H,1-15H3;/q-1;. The summed E-state index contributed by atoms with van der Waals surface area (Å²) in [5, 5.41) is 13.9. The van der Waals surface area contributed by atoms with Gasteiger partial charge in [-0.2, -0.15) is 0 Å². The van der Waals surface area contributed by atoms with E-state index in [4.69, 9.17) is 9.97 Å². The largest absolute Gasteiger partial charge is 0.507 e. The predicted molar refractivity (Wildman–Crippen MR) is 309 cm³/mol. The molecule has 7 heteroatoms. The van der Waals surface area contributed by atoms with Crippen LogP contribution in [0.1, 0.15) is 132 Å². The van der Waals surface area contributed by atoms with E-state index in [9.17, 15) is 5.11 Å². The molecule has 0 spiro atoms. The molecule has 10 rings (SSSR count). The summed E-state index contributed by atoms with van der Waals surface area (Å²) >= 11 is 0. The van der Waals surface area contributed by atoms with E-state index in [0.29, 0.717) is 16.9 Å². The van der Waals surface area contributed by atoms with Gasteiger partial charge in [0.1, 0.15) is 17.4 Å². The van der Waals surface area contributed by atoms with Crippen LogP contribution in [-0.4, -0.2) is 24.2 Å². The number of fused-ring (bicyclic) bond motifs is 4. The zero-order chi connectivity index (χ0) is 53.0. The van der Waals surface area contributed by atoms with Crippen molar-refractivity contribution in [3.05, 3.63) is 185 Å². The van der Waals surface area contributed by atoms with E-state index in [-0.39, 0.29) is 53.9 Å². The predicted octanol–water partition coefficient (Wildman–Crippen LogP) is 18.3. The number of hydrogen-bond donors (Lipinski definition) is 1. The number of aromatic hydroxyl groups is 1. The van der Waals surface area contributed by atoms with Gasteiger partial charge < -0.3 is 9.67 Å². The van der Waals surface area contributed by atoms with Crippen LogP contribution in [0.3, 0.4) is 0 Å². The average molecular weight is 1170 g/mol. The Morgan fingerprint density at radius 2 is 1.07 bits per heavy atom. The monoisotopic (exact) mass is 1170 g/mol. The zero-order valence-corrected chi connectivity index (χ0v) is 48.6. The zero-order valence-electron chi connectivity index (χ0n) is 46.3. The summed E-state index contributed by atoms with van der Waals surface area (Å²) in [6.45, 7) is 33.7. The van der Waals surface area contributed by atoms with Gasteiger partial charge >= 0.3 is 0 Å². The van der Waals surface area contributed by atoms with Crippen LogP contribution < -0.4 is 0 Å². The van der Waals surface area contributed by atoms with Crippen LogP contribution in [0.5, 0.6) is 5.75 Å². The molecule has 75 heavy (non-hydrogen) atoms. The van der Waals surface area contributed by atoms with Crippen molar-refractivity contribution in [3.8, 4) is 62.0 Å². The molecule has 0 amide bonds. The summed E-state index contributed by atoms with van der Waals surface area (Å²) < 4.78 is 19.8. The Morgan fingerprint density at radius 3 is 1.71 bits per heavy atom. The Bertz CT molecular complexity index is 3790. The number of phenolic OH excluding ortho intramolecular Hbond substituents is 1. The van der Waals surface area contributed by atoms with Crippen molar-refractivity contribution in [3.63, 3.8) is 0 Å². The number of para-hydroxylation sites is 2. The summed E-state index contributed by atoms with van der Waals surface area (Å²) in [7, 11) is 0. The van der Waals surface area contributed by atoms with Crippen molar-refractivity contribution in [1.29, 1.82) is 0 Å². The number of hydrogen-bond acceptors (Lipinski definition) is 3. The number of nitrogens with zero attached hydrogens (tertiary/aromatic N) is 4. The number of aromatic nitrogens is 4. The maximum atomic E-state index is 15.3. The van der Waals surface area contributed by atoms with E-state index in [0.717, 1.165) is 61.5 Å². The molecule has 7 aromatic carbocycles. The van der Waals surface area contributed by atoms with Gasteiger partial charge in [0.2, 0.25) is 0 Å².